The standard InChI is InChI=1S/C10H12ClF4N3O/c1-3-4-6-5(2)16-9(17-7(6)11)18(19)10(14,15)8(12)13/h8,18H,3-4H2,1-2H3. The average Bonchev–Trinajstić information content (AvgIpc) is 2.32. The Morgan fingerprint density at radius 1 is 1.37 bits per heavy atom. The van der Waals surface area contributed by atoms with Crippen LogP contribution in [0.15, 0.2) is 0 Å². The van der Waals surface area contributed by atoms with E-state index in [-0.39, 0.29) is 10.8 Å². The zero-order valence-electron chi connectivity index (χ0n) is 10.2. The molecule has 0 saturated carbocycles. The maximum absolute atomic E-state index is 12.9. The predicted octanol–water partition coefficient (Wildman–Crippen LogP) is 2.26. The first kappa shape index (κ1) is 16.1. The molecule has 0 radical (unpaired) electrons. The molecule has 1 aromatic heterocycles. The van der Waals surface area contributed by atoms with Gasteiger partial charge in [-0.1, -0.05) is 24.9 Å². The van der Waals surface area contributed by atoms with E-state index in [2.05, 4.69) is 9.97 Å². The molecule has 1 atom stereocenters. The lowest BCUT2D eigenvalue weighted by Crippen LogP contribution is -3.12. The predicted molar refractivity (Wildman–Crippen MR) is 60.7 cm³/mol. The van der Waals surface area contributed by atoms with Crippen LogP contribution in [-0.4, -0.2) is 22.4 Å². The van der Waals surface area contributed by atoms with Gasteiger partial charge in [0.05, 0.1) is 5.69 Å². The second kappa shape index (κ2) is 5.98. The van der Waals surface area contributed by atoms with Crippen molar-refractivity contribution in [3.63, 3.8) is 0 Å². The zero-order chi connectivity index (χ0) is 14.8. The van der Waals surface area contributed by atoms with Crippen molar-refractivity contribution in [2.45, 2.75) is 39.2 Å². The van der Waals surface area contributed by atoms with Crippen LogP contribution in [0.5, 0.6) is 0 Å². The van der Waals surface area contributed by atoms with Crippen molar-refractivity contribution in [2.75, 3.05) is 0 Å². The van der Waals surface area contributed by atoms with Crippen molar-refractivity contribution in [2.24, 2.45) is 0 Å². The molecule has 1 heterocycles. The number of aryl methyl sites for hydroxylation is 1. The number of rotatable bonds is 5. The Bertz CT molecular complexity index is 435. The Morgan fingerprint density at radius 2 is 1.95 bits per heavy atom. The van der Waals surface area contributed by atoms with Crippen LogP contribution in [-0.2, 0) is 6.42 Å². The van der Waals surface area contributed by atoms with Gasteiger partial charge in [0.1, 0.15) is 5.15 Å². The number of hydrogen-bond donors (Lipinski definition) is 1. The first-order valence-electron chi connectivity index (χ1n) is 5.45. The van der Waals surface area contributed by atoms with Gasteiger partial charge in [-0.05, 0) is 13.3 Å². The highest BCUT2D eigenvalue weighted by Crippen LogP contribution is 2.21. The Hall–Kier alpha value is -0.990. The molecule has 0 saturated heterocycles. The summed E-state index contributed by atoms with van der Waals surface area (Å²) in [6.07, 6.45) is -2.90. The van der Waals surface area contributed by atoms with Crippen LogP contribution in [0.2, 0.25) is 5.15 Å². The number of halogens is 5. The van der Waals surface area contributed by atoms with Gasteiger partial charge in [0.15, 0.2) is 0 Å². The minimum atomic E-state index is -4.82. The molecule has 0 fully saturated rings. The number of nitrogens with zero attached hydrogens (tertiary/aromatic N) is 2. The van der Waals surface area contributed by atoms with Gasteiger partial charge in [0, 0.05) is 5.56 Å². The summed E-state index contributed by atoms with van der Waals surface area (Å²) in [4.78, 5) is 6.94. The number of quaternary nitrogens is 1. The highest BCUT2D eigenvalue weighted by Gasteiger charge is 2.50. The van der Waals surface area contributed by atoms with Crippen molar-refractivity contribution in [3.8, 4) is 0 Å². The number of hydrogen-bond acceptors (Lipinski definition) is 3. The third-order valence-electron chi connectivity index (χ3n) is 2.44. The van der Waals surface area contributed by atoms with E-state index < -0.39 is 23.5 Å². The summed E-state index contributed by atoms with van der Waals surface area (Å²) in [6, 6.07) is -4.82. The summed E-state index contributed by atoms with van der Waals surface area (Å²) < 4.78 is 50.0. The molecule has 0 aliphatic carbocycles. The van der Waals surface area contributed by atoms with Crippen molar-refractivity contribution in [1.82, 2.24) is 9.97 Å². The zero-order valence-corrected chi connectivity index (χ0v) is 10.9. The molecule has 0 bridgehead atoms. The van der Waals surface area contributed by atoms with Crippen molar-refractivity contribution >= 4 is 17.5 Å². The smallest absolute Gasteiger partial charge is 0.457 e. The molecule has 1 N–H and O–H groups in total. The highest BCUT2D eigenvalue weighted by atomic mass is 35.5. The first-order chi connectivity index (χ1) is 8.71. The fourth-order valence-electron chi connectivity index (χ4n) is 1.44. The fraction of sp³-hybridized carbons (Fsp3) is 0.600. The molecule has 9 heteroatoms. The lowest BCUT2D eigenvalue weighted by Gasteiger charge is -2.27. The van der Waals surface area contributed by atoms with Crippen LogP contribution in [0.4, 0.5) is 23.5 Å². The van der Waals surface area contributed by atoms with E-state index in [0.29, 0.717) is 18.4 Å². The summed E-state index contributed by atoms with van der Waals surface area (Å²) >= 11 is 5.75. The molecular weight excluding hydrogens is 290 g/mol. The largest absolute Gasteiger partial charge is 0.622 e. The van der Waals surface area contributed by atoms with Crippen LogP contribution in [0.3, 0.4) is 0 Å². The SMILES string of the molecule is CCCc1c(C)nc([NH+]([O-])C(F)(F)C(F)F)nc1Cl. The van der Waals surface area contributed by atoms with Gasteiger partial charge in [0.25, 0.3) is 0 Å². The lowest BCUT2D eigenvalue weighted by atomic mass is 10.1. The summed E-state index contributed by atoms with van der Waals surface area (Å²) in [5.74, 6) is -0.993. The first-order valence-corrected chi connectivity index (χ1v) is 5.83. The number of aromatic nitrogens is 2. The molecule has 0 spiro atoms. The molecule has 1 rings (SSSR count). The molecule has 108 valence electrons. The van der Waals surface area contributed by atoms with Gasteiger partial charge < -0.3 is 5.21 Å². The van der Waals surface area contributed by atoms with E-state index in [1.807, 2.05) is 6.92 Å². The van der Waals surface area contributed by atoms with E-state index in [1.54, 1.807) is 0 Å². The number of hydroxylamine groups is 1. The minimum absolute atomic E-state index is 0.164. The summed E-state index contributed by atoms with van der Waals surface area (Å²) in [6.45, 7) is 3.32. The minimum Gasteiger partial charge on any atom is -0.622 e. The van der Waals surface area contributed by atoms with Gasteiger partial charge >= 0.3 is 18.4 Å². The summed E-state index contributed by atoms with van der Waals surface area (Å²) in [7, 11) is 0. The topological polar surface area (TPSA) is 53.3 Å². The maximum atomic E-state index is 12.9. The lowest BCUT2D eigenvalue weighted by molar-refractivity contribution is -0.899. The summed E-state index contributed by atoms with van der Waals surface area (Å²) in [5.41, 5.74) is 0.747. The third kappa shape index (κ3) is 3.31. The van der Waals surface area contributed by atoms with Gasteiger partial charge in [-0.2, -0.15) is 18.7 Å². The maximum Gasteiger partial charge on any atom is 0.457 e. The normalized spacial score (nSPS) is 13.9. The second-order valence-corrected chi connectivity index (χ2v) is 4.26. The van der Waals surface area contributed by atoms with Gasteiger partial charge in [0.2, 0.25) is 0 Å². The monoisotopic (exact) mass is 301 g/mol. The van der Waals surface area contributed by atoms with Crippen LogP contribution in [0, 0.1) is 12.1 Å². The molecule has 0 aliphatic heterocycles. The summed E-state index contributed by atoms with van der Waals surface area (Å²) in [5, 5.41) is 8.97. The van der Waals surface area contributed by atoms with E-state index in [1.165, 1.54) is 6.92 Å². The molecule has 0 amide bonds. The quantitative estimate of drug-likeness (QED) is 0.393. The Kier molecular flexibility index (Phi) is 5.05. The number of nitrogens with one attached hydrogen (secondary N) is 1. The van der Waals surface area contributed by atoms with Gasteiger partial charge in [-0.25, -0.2) is 5.06 Å². The van der Waals surface area contributed by atoms with E-state index in [4.69, 9.17) is 11.6 Å². The van der Waals surface area contributed by atoms with Crippen LogP contribution in [0.1, 0.15) is 24.6 Å². The number of alkyl halides is 4. The molecule has 0 aliphatic rings. The Labute approximate surface area is 112 Å². The van der Waals surface area contributed by atoms with Crippen molar-refractivity contribution < 1.29 is 22.6 Å². The molecule has 4 nitrogen and oxygen atoms in total. The van der Waals surface area contributed by atoms with Crippen LogP contribution >= 0.6 is 11.6 Å². The van der Waals surface area contributed by atoms with E-state index in [0.717, 1.165) is 0 Å². The van der Waals surface area contributed by atoms with Crippen molar-refractivity contribution in [1.29, 1.82) is 0 Å². The van der Waals surface area contributed by atoms with Gasteiger partial charge in [-0.15, -0.1) is 8.78 Å². The Balaban J connectivity index is 3.16. The van der Waals surface area contributed by atoms with Crippen molar-refractivity contribution in [3.05, 3.63) is 21.6 Å². The average molecular weight is 302 g/mol. The van der Waals surface area contributed by atoms with Crippen LogP contribution in [0.25, 0.3) is 0 Å². The second-order valence-electron chi connectivity index (χ2n) is 3.90. The Morgan fingerprint density at radius 3 is 2.37 bits per heavy atom. The van der Waals surface area contributed by atoms with Gasteiger partial charge in [-0.3, -0.25) is 0 Å². The molecule has 1 unspecified atom stereocenters. The molecular formula is C10H12ClF4N3O. The fourth-order valence-corrected chi connectivity index (χ4v) is 1.76. The molecule has 19 heavy (non-hydrogen) atoms. The van der Waals surface area contributed by atoms with E-state index >= 15 is 0 Å². The molecule has 0 aromatic carbocycles. The third-order valence-corrected chi connectivity index (χ3v) is 2.76. The highest BCUT2D eigenvalue weighted by molar-refractivity contribution is 6.30. The molecule has 1 aromatic rings. The van der Waals surface area contributed by atoms with E-state index in [9.17, 15) is 22.8 Å². The van der Waals surface area contributed by atoms with Crippen LogP contribution < -0.4 is 5.06 Å².